The van der Waals surface area contributed by atoms with Crippen molar-refractivity contribution in [2.75, 3.05) is 19.6 Å². The van der Waals surface area contributed by atoms with Crippen molar-refractivity contribution in [2.24, 2.45) is 5.92 Å². The fraction of sp³-hybridized carbons (Fsp3) is 0.909. The lowest BCUT2D eigenvalue weighted by Gasteiger charge is -2.34. The van der Waals surface area contributed by atoms with Crippen LogP contribution < -0.4 is 5.32 Å². The van der Waals surface area contributed by atoms with Crippen LogP contribution in [0.15, 0.2) is 0 Å². The van der Waals surface area contributed by atoms with Crippen molar-refractivity contribution >= 4 is 5.91 Å². The number of halogens is 5. The van der Waals surface area contributed by atoms with Crippen LogP contribution in [-0.4, -0.2) is 48.6 Å². The average molecular weight is 286 g/mol. The van der Waals surface area contributed by atoms with Crippen LogP contribution in [0, 0.1) is 5.92 Å². The number of carbonyl (C=O) groups is 1. The third-order valence-electron chi connectivity index (χ3n) is 3.68. The van der Waals surface area contributed by atoms with Crippen molar-refractivity contribution in [2.45, 2.75) is 37.4 Å². The van der Waals surface area contributed by atoms with Crippen molar-refractivity contribution in [1.29, 1.82) is 0 Å². The summed E-state index contributed by atoms with van der Waals surface area (Å²) in [5, 5.41) is 2.42. The molecule has 110 valence electrons. The predicted octanol–water partition coefficient (Wildman–Crippen LogP) is 1.78. The largest absolute Gasteiger partial charge is 0.391 e. The second kappa shape index (κ2) is 4.88. The van der Waals surface area contributed by atoms with E-state index in [0.717, 1.165) is 0 Å². The summed E-state index contributed by atoms with van der Waals surface area (Å²) in [6.45, 7) is -0.595. The predicted molar refractivity (Wildman–Crippen MR) is 56.7 cm³/mol. The Morgan fingerprint density at radius 1 is 1.21 bits per heavy atom. The highest BCUT2D eigenvalue weighted by atomic mass is 19.4. The van der Waals surface area contributed by atoms with Crippen molar-refractivity contribution in [3.8, 4) is 0 Å². The Morgan fingerprint density at radius 2 is 1.79 bits per heavy atom. The standard InChI is InChI=1S/C11H15F5N2O/c12-10(13)5-8(17-6-10)9(19)18-3-1-7(2-4-18)11(14,15)16/h7-8,17H,1-6H2. The number of nitrogens with one attached hydrogen (secondary N) is 1. The van der Waals surface area contributed by atoms with Gasteiger partial charge in [-0.05, 0) is 12.8 Å². The molecular formula is C11H15F5N2O. The summed E-state index contributed by atoms with van der Waals surface area (Å²) in [4.78, 5) is 13.1. The van der Waals surface area contributed by atoms with Crippen LogP contribution in [-0.2, 0) is 4.79 Å². The van der Waals surface area contributed by atoms with Crippen LogP contribution in [0.25, 0.3) is 0 Å². The normalized spacial score (nSPS) is 28.7. The van der Waals surface area contributed by atoms with Gasteiger partial charge in [0.2, 0.25) is 5.91 Å². The van der Waals surface area contributed by atoms with E-state index in [0.29, 0.717) is 0 Å². The zero-order chi connectivity index (χ0) is 14.3. The number of amides is 1. The molecule has 1 amide bonds. The van der Waals surface area contributed by atoms with Gasteiger partial charge in [-0.2, -0.15) is 13.2 Å². The number of alkyl halides is 5. The first kappa shape index (κ1) is 14.5. The SMILES string of the molecule is O=C(C1CC(F)(F)CN1)N1CCC(C(F)(F)F)CC1. The summed E-state index contributed by atoms with van der Waals surface area (Å²) in [5.74, 6) is -4.82. The van der Waals surface area contributed by atoms with E-state index in [9.17, 15) is 26.7 Å². The van der Waals surface area contributed by atoms with Gasteiger partial charge in [0, 0.05) is 19.5 Å². The monoisotopic (exact) mass is 286 g/mol. The number of hydrogen-bond acceptors (Lipinski definition) is 2. The lowest BCUT2D eigenvalue weighted by molar-refractivity contribution is -0.186. The summed E-state index contributed by atoms with van der Waals surface area (Å²) in [6, 6.07) is -0.975. The summed E-state index contributed by atoms with van der Waals surface area (Å²) in [6.07, 6.45) is -5.13. The van der Waals surface area contributed by atoms with Gasteiger partial charge in [0.15, 0.2) is 0 Å². The number of likely N-dealkylation sites (tertiary alicyclic amines) is 1. The van der Waals surface area contributed by atoms with E-state index in [4.69, 9.17) is 0 Å². The summed E-state index contributed by atoms with van der Waals surface area (Å²) >= 11 is 0. The molecule has 2 aliphatic rings. The maximum absolute atomic E-state index is 13.0. The minimum Gasteiger partial charge on any atom is -0.341 e. The Balaban J connectivity index is 1.87. The van der Waals surface area contributed by atoms with Crippen LogP contribution >= 0.6 is 0 Å². The molecular weight excluding hydrogens is 271 g/mol. The Bertz CT molecular complexity index is 349. The second-order valence-corrected chi connectivity index (χ2v) is 5.13. The van der Waals surface area contributed by atoms with Crippen molar-refractivity contribution in [3.63, 3.8) is 0 Å². The number of nitrogens with zero attached hydrogens (tertiary/aromatic N) is 1. The molecule has 1 atom stereocenters. The quantitative estimate of drug-likeness (QED) is 0.745. The molecule has 2 fully saturated rings. The molecule has 0 aromatic heterocycles. The van der Waals surface area contributed by atoms with Gasteiger partial charge in [-0.1, -0.05) is 0 Å². The number of rotatable bonds is 1. The molecule has 2 aliphatic heterocycles. The third-order valence-corrected chi connectivity index (χ3v) is 3.68. The highest BCUT2D eigenvalue weighted by molar-refractivity contribution is 5.82. The zero-order valence-corrected chi connectivity index (χ0v) is 10.1. The summed E-state index contributed by atoms with van der Waals surface area (Å²) < 4.78 is 63.3. The molecule has 0 aliphatic carbocycles. The van der Waals surface area contributed by atoms with E-state index < -0.39 is 42.9 Å². The Labute approximate surface area is 107 Å². The maximum Gasteiger partial charge on any atom is 0.391 e. The first-order chi connectivity index (χ1) is 8.69. The highest BCUT2D eigenvalue weighted by Crippen LogP contribution is 2.34. The van der Waals surface area contributed by atoms with Crippen molar-refractivity contribution in [1.82, 2.24) is 10.2 Å². The smallest absolute Gasteiger partial charge is 0.341 e. The maximum atomic E-state index is 13.0. The van der Waals surface area contributed by atoms with Crippen LogP contribution in [0.2, 0.25) is 0 Å². The summed E-state index contributed by atoms with van der Waals surface area (Å²) in [5.41, 5.74) is 0. The van der Waals surface area contributed by atoms with Gasteiger partial charge < -0.3 is 4.90 Å². The fourth-order valence-electron chi connectivity index (χ4n) is 2.54. The number of hydrogen-bond donors (Lipinski definition) is 1. The molecule has 0 spiro atoms. The molecule has 0 saturated carbocycles. The first-order valence-corrected chi connectivity index (χ1v) is 6.16. The fourth-order valence-corrected chi connectivity index (χ4v) is 2.54. The van der Waals surface area contributed by atoms with Gasteiger partial charge in [-0.25, -0.2) is 8.78 Å². The van der Waals surface area contributed by atoms with Gasteiger partial charge in [-0.3, -0.25) is 10.1 Å². The zero-order valence-electron chi connectivity index (χ0n) is 10.1. The van der Waals surface area contributed by atoms with Crippen LogP contribution in [0.4, 0.5) is 22.0 Å². The molecule has 2 saturated heterocycles. The first-order valence-electron chi connectivity index (χ1n) is 6.16. The summed E-state index contributed by atoms with van der Waals surface area (Å²) in [7, 11) is 0. The minimum atomic E-state index is -4.24. The molecule has 2 heterocycles. The lowest BCUT2D eigenvalue weighted by Crippen LogP contribution is -2.48. The highest BCUT2D eigenvalue weighted by Gasteiger charge is 2.46. The van der Waals surface area contributed by atoms with Crippen molar-refractivity contribution in [3.05, 3.63) is 0 Å². The lowest BCUT2D eigenvalue weighted by atomic mass is 9.95. The van der Waals surface area contributed by atoms with E-state index in [2.05, 4.69) is 5.32 Å². The second-order valence-electron chi connectivity index (χ2n) is 5.13. The van der Waals surface area contributed by atoms with Gasteiger partial charge in [-0.15, -0.1) is 0 Å². The van der Waals surface area contributed by atoms with Crippen LogP contribution in [0.5, 0.6) is 0 Å². The van der Waals surface area contributed by atoms with Gasteiger partial charge in [0.1, 0.15) is 0 Å². The van der Waals surface area contributed by atoms with Crippen molar-refractivity contribution < 1.29 is 26.7 Å². The van der Waals surface area contributed by atoms with Gasteiger partial charge >= 0.3 is 6.18 Å². The van der Waals surface area contributed by atoms with Gasteiger partial charge in [0.25, 0.3) is 5.92 Å². The molecule has 0 radical (unpaired) electrons. The molecule has 0 aromatic carbocycles. The molecule has 1 N–H and O–H groups in total. The van der Waals surface area contributed by atoms with Gasteiger partial charge in [0.05, 0.1) is 18.5 Å². The van der Waals surface area contributed by atoms with Crippen LogP contribution in [0.1, 0.15) is 19.3 Å². The minimum absolute atomic E-state index is 0.0211. The van der Waals surface area contributed by atoms with Crippen LogP contribution in [0.3, 0.4) is 0 Å². The molecule has 3 nitrogen and oxygen atoms in total. The van der Waals surface area contributed by atoms with E-state index >= 15 is 0 Å². The average Bonchev–Trinajstić information content (AvgIpc) is 2.68. The molecule has 8 heteroatoms. The topological polar surface area (TPSA) is 32.3 Å². The Hall–Kier alpha value is -0.920. The molecule has 1 unspecified atom stereocenters. The molecule has 0 aromatic rings. The number of piperidine rings is 1. The third kappa shape index (κ3) is 3.34. The van der Waals surface area contributed by atoms with E-state index in [-0.39, 0.29) is 25.9 Å². The van der Waals surface area contributed by atoms with E-state index in [1.165, 1.54) is 4.90 Å². The van der Waals surface area contributed by atoms with E-state index in [1.807, 2.05) is 0 Å². The molecule has 0 bridgehead atoms. The van der Waals surface area contributed by atoms with E-state index in [1.54, 1.807) is 0 Å². The Morgan fingerprint density at radius 3 is 2.21 bits per heavy atom. The molecule has 19 heavy (non-hydrogen) atoms. The number of carbonyl (C=O) groups excluding carboxylic acids is 1. The molecule has 2 rings (SSSR count). The Kier molecular flexibility index (Phi) is 3.72.